The molecule has 3 rings (SSSR count). The van der Waals surface area contributed by atoms with Crippen molar-refractivity contribution in [1.29, 1.82) is 0 Å². The molecule has 0 spiro atoms. The van der Waals surface area contributed by atoms with E-state index in [1.807, 2.05) is 0 Å². The fraction of sp³-hybridized carbons (Fsp3) is 0.467. The van der Waals surface area contributed by atoms with Gasteiger partial charge in [0.25, 0.3) is 0 Å². The number of ether oxygens (including phenoxy) is 1. The van der Waals surface area contributed by atoms with Gasteiger partial charge in [0.1, 0.15) is 6.04 Å². The Bertz CT molecular complexity index is 668. The summed E-state index contributed by atoms with van der Waals surface area (Å²) in [7, 11) is 2.77. The van der Waals surface area contributed by atoms with Crippen LogP contribution in [0.15, 0.2) is 18.3 Å². The van der Waals surface area contributed by atoms with E-state index in [1.165, 1.54) is 24.4 Å². The molecular formula is C15H16F3N3O2. The number of nitrogens with one attached hydrogen (secondary N) is 1. The first-order chi connectivity index (χ1) is 10.8. The number of carbonyl (C=O) groups excluding carboxylic acids is 1. The highest BCUT2D eigenvalue weighted by atomic mass is 19.4. The Kier molecular flexibility index (Phi) is 3.79. The summed E-state index contributed by atoms with van der Waals surface area (Å²) in [6, 6.07) is 0.303. The second-order valence-electron chi connectivity index (χ2n) is 5.67. The van der Waals surface area contributed by atoms with Gasteiger partial charge in [-0.2, -0.15) is 13.2 Å². The standard InChI is InChI=1S/C15H16F3N3O2/c1-21-13(6-12(20-21)14(22)23-2)9-7-19-11(8-3-4-8)5-10(9)15(16,17)18/h5-8,12,20H,3-4H2,1-2H3. The first-order valence-electron chi connectivity index (χ1n) is 7.18. The van der Waals surface area contributed by atoms with Gasteiger partial charge < -0.3 is 9.75 Å². The first-order valence-corrected chi connectivity index (χ1v) is 7.18. The molecule has 1 aromatic rings. The van der Waals surface area contributed by atoms with Crippen LogP contribution in [0.4, 0.5) is 13.2 Å². The molecule has 5 nitrogen and oxygen atoms in total. The van der Waals surface area contributed by atoms with E-state index in [4.69, 9.17) is 0 Å². The lowest BCUT2D eigenvalue weighted by molar-refractivity contribution is -0.142. The van der Waals surface area contributed by atoms with Crippen molar-refractivity contribution in [1.82, 2.24) is 15.4 Å². The molecule has 1 N–H and O–H groups in total. The molecule has 1 atom stereocenters. The molecule has 8 heteroatoms. The average molecular weight is 327 g/mol. The van der Waals surface area contributed by atoms with Crippen LogP contribution in [0.5, 0.6) is 0 Å². The van der Waals surface area contributed by atoms with Gasteiger partial charge in [-0.1, -0.05) is 0 Å². The third kappa shape index (κ3) is 3.03. The van der Waals surface area contributed by atoms with E-state index >= 15 is 0 Å². The summed E-state index contributed by atoms with van der Waals surface area (Å²) in [5.41, 5.74) is 2.69. The number of alkyl halides is 3. The van der Waals surface area contributed by atoms with E-state index in [0.717, 1.165) is 18.9 Å². The van der Waals surface area contributed by atoms with Crippen LogP contribution in [0.2, 0.25) is 0 Å². The summed E-state index contributed by atoms with van der Waals surface area (Å²) in [6.07, 6.45) is -0.0988. The van der Waals surface area contributed by atoms with Crippen LogP contribution in [-0.4, -0.2) is 36.2 Å². The Morgan fingerprint density at radius 1 is 1.43 bits per heavy atom. The van der Waals surface area contributed by atoms with Gasteiger partial charge in [0, 0.05) is 30.4 Å². The van der Waals surface area contributed by atoms with Gasteiger partial charge in [0.05, 0.1) is 18.4 Å². The molecule has 1 fully saturated rings. The Morgan fingerprint density at radius 3 is 2.70 bits per heavy atom. The second kappa shape index (κ2) is 5.52. The molecule has 0 amide bonds. The minimum Gasteiger partial charge on any atom is -0.468 e. The van der Waals surface area contributed by atoms with Crippen LogP contribution in [-0.2, 0) is 15.7 Å². The summed E-state index contributed by atoms with van der Waals surface area (Å²) in [6.45, 7) is 0. The van der Waals surface area contributed by atoms with E-state index < -0.39 is 23.8 Å². The number of pyridine rings is 1. The lowest BCUT2D eigenvalue weighted by Gasteiger charge is -2.21. The Hall–Kier alpha value is -2.09. The molecule has 2 heterocycles. The number of methoxy groups -OCH3 is 1. The minimum absolute atomic E-state index is 0.0525. The van der Waals surface area contributed by atoms with Gasteiger partial charge in [0.2, 0.25) is 0 Å². The Labute approximate surface area is 131 Å². The number of carbonyl (C=O) groups is 1. The molecule has 1 aromatic heterocycles. The van der Waals surface area contributed by atoms with Crippen LogP contribution in [0.1, 0.15) is 35.6 Å². The van der Waals surface area contributed by atoms with Gasteiger partial charge in [-0.25, -0.2) is 10.2 Å². The van der Waals surface area contributed by atoms with Crippen molar-refractivity contribution in [2.75, 3.05) is 14.2 Å². The maximum absolute atomic E-state index is 13.4. The predicted octanol–water partition coefficient (Wildman–Crippen LogP) is 2.31. The normalized spacial score (nSPS) is 21.3. The molecule has 0 saturated heterocycles. The van der Waals surface area contributed by atoms with E-state index in [0.29, 0.717) is 5.69 Å². The maximum atomic E-state index is 13.4. The highest BCUT2D eigenvalue weighted by Crippen LogP contribution is 2.43. The summed E-state index contributed by atoms with van der Waals surface area (Å²) >= 11 is 0. The van der Waals surface area contributed by atoms with E-state index in [2.05, 4.69) is 15.1 Å². The van der Waals surface area contributed by atoms with Gasteiger partial charge >= 0.3 is 12.1 Å². The largest absolute Gasteiger partial charge is 0.468 e. The predicted molar refractivity (Wildman–Crippen MR) is 75.9 cm³/mol. The number of hydrazine groups is 1. The monoisotopic (exact) mass is 327 g/mol. The number of hydrogen-bond donors (Lipinski definition) is 1. The summed E-state index contributed by atoms with van der Waals surface area (Å²) in [5.74, 6) is -0.440. The van der Waals surface area contributed by atoms with Crippen LogP contribution in [0.25, 0.3) is 5.70 Å². The van der Waals surface area contributed by atoms with Crippen molar-refractivity contribution in [3.8, 4) is 0 Å². The zero-order valence-electron chi connectivity index (χ0n) is 12.6. The number of nitrogens with zero attached hydrogens (tertiary/aromatic N) is 2. The average Bonchev–Trinajstić information content (AvgIpc) is 3.28. The van der Waals surface area contributed by atoms with E-state index in [9.17, 15) is 18.0 Å². The smallest absolute Gasteiger partial charge is 0.417 e. The zero-order chi connectivity index (χ0) is 16.8. The maximum Gasteiger partial charge on any atom is 0.417 e. The molecule has 1 saturated carbocycles. The lowest BCUT2D eigenvalue weighted by Crippen LogP contribution is -2.39. The highest BCUT2D eigenvalue weighted by molar-refractivity contribution is 5.83. The van der Waals surface area contributed by atoms with E-state index in [-0.39, 0.29) is 17.2 Å². The topological polar surface area (TPSA) is 54.5 Å². The van der Waals surface area contributed by atoms with Crippen LogP contribution < -0.4 is 5.43 Å². The van der Waals surface area contributed by atoms with E-state index in [1.54, 1.807) is 7.05 Å². The van der Waals surface area contributed by atoms with Crippen molar-refractivity contribution in [2.45, 2.75) is 31.0 Å². The molecule has 1 unspecified atom stereocenters. The number of hydrogen-bond acceptors (Lipinski definition) is 5. The highest BCUT2D eigenvalue weighted by Gasteiger charge is 2.39. The van der Waals surface area contributed by atoms with Crippen molar-refractivity contribution >= 4 is 11.7 Å². The van der Waals surface area contributed by atoms with Crippen molar-refractivity contribution in [2.24, 2.45) is 0 Å². The molecular weight excluding hydrogens is 311 g/mol. The zero-order valence-corrected chi connectivity index (χ0v) is 12.6. The quantitative estimate of drug-likeness (QED) is 0.864. The number of esters is 1. The Morgan fingerprint density at radius 2 is 2.13 bits per heavy atom. The molecule has 0 bridgehead atoms. The summed E-state index contributed by atoms with van der Waals surface area (Å²) in [4.78, 5) is 15.7. The lowest BCUT2D eigenvalue weighted by atomic mass is 10.0. The molecule has 2 aliphatic rings. The molecule has 1 aliphatic heterocycles. The van der Waals surface area contributed by atoms with Gasteiger partial charge in [-0.15, -0.1) is 0 Å². The second-order valence-corrected chi connectivity index (χ2v) is 5.67. The molecule has 0 aromatic carbocycles. The SMILES string of the molecule is COC(=O)C1C=C(c2cnc(C3CC3)cc2C(F)(F)F)N(C)N1. The van der Waals surface area contributed by atoms with Gasteiger partial charge in [-0.3, -0.25) is 4.98 Å². The fourth-order valence-corrected chi connectivity index (χ4v) is 2.62. The minimum atomic E-state index is -4.49. The third-order valence-corrected chi connectivity index (χ3v) is 3.98. The third-order valence-electron chi connectivity index (χ3n) is 3.98. The number of rotatable bonds is 3. The van der Waals surface area contributed by atoms with Gasteiger partial charge in [-0.05, 0) is 25.0 Å². The molecule has 23 heavy (non-hydrogen) atoms. The fourth-order valence-electron chi connectivity index (χ4n) is 2.62. The van der Waals surface area contributed by atoms with Crippen molar-refractivity contribution < 1.29 is 22.7 Å². The first kappa shape index (κ1) is 15.8. The number of halogens is 3. The van der Waals surface area contributed by atoms with Crippen LogP contribution in [0, 0.1) is 0 Å². The van der Waals surface area contributed by atoms with Crippen LogP contribution >= 0.6 is 0 Å². The molecule has 1 aliphatic carbocycles. The molecule has 124 valence electrons. The van der Waals surface area contributed by atoms with Crippen molar-refractivity contribution in [3.63, 3.8) is 0 Å². The molecule has 0 radical (unpaired) electrons. The van der Waals surface area contributed by atoms with Crippen LogP contribution in [0.3, 0.4) is 0 Å². The summed E-state index contributed by atoms with van der Waals surface area (Å²) in [5, 5.41) is 1.38. The number of aromatic nitrogens is 1. The summed E-state index contributed by atoms with van der Waals surface area (Å²) < 4.78 is 44.9. The van der Waals surface area contributed by atoms with Gasteiger partial charge in [0.15, 0.2) is 0 Å². The van der Waals surface area contributed by atoms with Crippen molar-refractivity contribution in [3.05, 3.63) is 35.2 Å². The Balaban J connectivity index is 2.03.